The fraction of sp³-hybridized carbons (Fsp3) is 0.727. The molecule has 2 fully saturated rings. The molecule has 1 saturated carbocycles. The fourth-order valence-electron chi connectivity index (χ4n) is 1.84. The first-order valence-electron chi connectivity index (χ1n) is 6.10. The summed E-state index contributed by atoms with van der Waals surface area (Å²) in [5.74, 6) is -0.459. The van der Waals surface area contributed by atoms with Crippen molar-refractivity contribution in [3.05, 3.63) is 0 Å². The van der Waals surface area contributed by atoms with Gasteiger partial charge in [0.15, 0.2) is 0 Å². The number of amides is 3. The maximum Gasteiger partial charge on any atom is 0.327 e. The van der Waals surface area contributed by atoms with E-state index >= 15 is 0 Å². The topological polar surface area (TPSA) is 90.0 Å². The van der Waals surface area contributed by atoms with Crippen LogP contribution in [0.1, 0.15) is 12.8 Å². The minimum absolute atomic E-state index is 0.0389. The molecule has 0 aromatic heterocycles. The molecule has 0 bridgehead atoms. The summed E-state index contributed by atoms with van der Waals surface area (Å²) in [4.78, 5) is 37.2. The standard InChI is InChI=1S/C11H17N3O4S/c1-13(4-9(15)12-7-2-3-7)11(18)14-6-19-5-8(14)10(16)17/h7-8H,2-6H2,1H3,(H,12,15)(H,16,17). The fourth-order valence-corrected chi connectivity index (χ4v) is 2.98. The molecule has 8 heteroatoms. The number of rotatable bonds is 4. The van der Waals surface area contributed by atoms with Crippen molar-refractivity contribution in [3.8, 4) is 0 Å². The summed E-state index contributed by atoms with van der Waals surface area (Å²) in [6, 6.07) is -0.958. The van der Waals surface area contributed by atoms with Gasteiger partial charge in [-0.05, 0) is 12.8 Å². The van der Waals surface area contributed by atoms with Crippen molar-refractivity contribution in [2.45, 2.75) is 24.9 Å². The number of carboxylic acids is 1. The van der Waals surface area contributed by atoms with Crippen LogP contribution in [0.2, 0.25) is 0 Å². The highest BCUT2D eigenvalue weighted by atomic mass is 32.2. The second-order valence-corrected chi connectivity index (χ2v) is 5.80. The van der Waals surface area contributed by atoms with Gasteiger partial charge in [-0.3, -0.25) is 4.79 Å². The van der Waals surface area contributed by atoms with Gasteiger partial charge in [-0.25, -0.2) is 9.59 Å². The molecule has 0 spiro atoms. The zero-order valence-corrected chi connectivity index (χ0v) is 11.5. The zero-order valence-electron chi connectivity index (χ0n) is 10.7. The van der Waals surface area contributed by atoms with Crippen LogP contribution in [0.3, 0.4) is 0 Å². The Labute approximate surface area is 115 Å². The molecule has 1 heterocycles. The summed E-state index contributed by atoms with van der Waals surface area (Å²) >= 11 is 1.40. The molecule has 3 amide bonds. The van der Waals surface area contributed by atoms with E-state index in [4.69, 9.17) is 5.11 Å². The van der Waals surface area contributed by atoms with Gasteiger partial charge in [0.2, 0.25) is 5.91 Å². The van der Waals surface area contributed by atoms with Crippen molar-refractivity contribution in [3.63, 3.8) is 0 Å². The van der Waals surface area contributed by atoms with E-state index in [9.17, 15) is 14.4 Å². The monoisotopic (exact) mass is 287 g/mol. The van der Waals surface area contributed by atoms with E-state index in [1.165, 1.54) is 28.6 Å². The van der Waals surface area contributed by atoms with Gasteiger partial charge in [0.25, 0.3) is 0 Å². The highest BCUT2D eigenvalue weighted by Crippen LogP contribution is 2.22. The van der Waals surface area contributed by atoms with Crippen molar-refractivity contribution in [1.82, 2.24) is 15.1 Å². The SMILES string of the molecule is CN(CC(=O)NC1CC1)C(=O)N1CSCC1C(=O)O. The minimum atomic E-state index is -1.01. The van der Waals surface area contributed by atoms with E-state index in [0.29, 0.717) is 11.6 Å². The summed E-state index contributed by atoms with van der Waals surface area (Å²) in [6.45, 7) is -0.0389. The molecule has 0 aromatic carbocycles. The lowest BCUT2D eigenvalue weighted by Crippen LogP contribution is -2.49. The smallest absolute Gasteiger partial charge is 0.327 e. The first kappa shape index (κ1) is 14.0. The lowest BCUT2D eigenvalue weighted by Gasteiger charge is -2.26. The Bertz CT molecular complexity index is 399. The van der Waals surface area contributed by atoms with Gasteiger partial charge in [-0.15, -0.1) is 11.8 Å². The van der Waals surface area contributed by atoms with E-state index in [0.717, 1.165) is 12.8 Å². The number of carbonyl (C=O) groups excluding carboxylic acids is 2. The Kier molecular flexibility index (Phi) is 4.18. The number of carboxylic acid groups (broad SMARTS) is 1. The number of urea groups is 1. The van der Waals surface area contributed by atoms with Crippen molar-refractivity contribution in [2.24, 2.45) is 0 Å². The van der Waals surface area contributed by atoms with Crippen LogP contribution in [0, 0.1) is 0 Å². The quantitative estimate of drug-likeness (QED) is 0.746. The first-order valence-corrected chi connectivity index (χ1v) is 7.26. The minimum Gasteiger partial charge on any atom is -0.480 e. The van der Waals surface area contributed by atoms with Gasteiger partial charge >= 0.3 is 12.0 Å². The number of nitrogens with zero attached hydrogens (tertiary/aromatic N) is 2. The van der Waals surface area contributed by atoms with Crippen LogP contribution in [0.25, 0.3) is 0 Å². The number of likely N-dealkylation sites (N-methyl/N-ethyl adjacent to an activating group) is 1. The van der Waals surface area contributed by atoms with Crippen LogP contribution in [0.5, 0.6) is 0 Å². The maximum absolute atomic E-state index is 12.1. The van der Waals surface area contributed by atoms with Crippen LogP contribution >= 0.6 is 11.8 Å². The molecular weight excluding hydrogens is 270 g/mol. The van der Waals surface area contributed by atoms with Crippen LogP contribution < -0.4 is 5.32 Å². The number of aliphatic carboxylic acids is 1. The molecule has 0 aromatic rings. The number of nitrogens with one attached hydrogen (secondary N) is 1. The highest BCUT2D eigenvalue weighted by molar-refractivity contribution is 7.99. The van der Waals surface area contributed by atoms with E-state index < -0.39 is 18.0 Å². The Hall–Kier alpha value is -1.44. The van der Waals surface area contributed by atoms with Crippen molar-refractivity contribution < 1.29 is 19.5 Å². The Morgan fingerprint density at radius 2 is 2.11 bits per heavy atom. The maximum atomic E-state index is 12.1. The third-order valence-electron chi connectivity index (χ3n) is 3.06. The number of hydrogen-bond donors (Lipinski definition) is 2. The predicted molar refractivity (Wildman–Crippen MR) is 69.8 cm³/mol. The molecule has 1 aliphatic carbocycles. The Morgan fingerprint density at radius 3 is 2.68 bits per heavy atom. The van der Waals surface area contributed by atoms with Gasteiger partial charge in [0.05, 0.1) is 5.88 Å². The van der Waals surface area contributed by atoms with E-state index in [2.05, 4.69) is 5.32 Å². The average molecular weight is 287 g/mol. The lowest BCUT2D eigenvalue weighted by atomic mass is 10.3. The second kappa shape index (κ2) is 5.68. The number of carbonyl (C=O) groups is 3. The molecule has 1 atom stereocenters. The Morgan fingerprint density at radius 1 is 1.42 bits per heavy atom. The molecule has 1 unspecified atom stereocenters. The molecule has 1 saturated heterocycles. The van der Waals surface area contributed by atoms with E-state index in [1.807, 2.05) is 0 Å². The van der Waals surface area contributed by atoms with Gasteiger partial charge in [0.1, 0.15) is 12.6 Å². The van der Waals surface area contributed by atoms with Gasteiger partial charge in [-0.2, -0.15) is 0 Å². The molecule has 1 aliphatic heterocycles. The van der Waals surface area contributed by atoms with Crippen LogP contribution in [-0.2, 0) is 9.59 Å². The zero-order chi connectivity index (χ0) is 14.0. The molecule has 19 heavy (non-hydrogen) atoms. The molecule has 2 aliphatic rings. The highest BCUT2D eigenvalue weighted by Gasteiger charge is 2.36. The van der Waals surface area contributed by atoms with Gasteiger partial charge < -0.3 is 20.2 Å². The van der Waals surface area contributed by atoms with Crippen LogP contribution in [-0.4, -0.2) is 70.1 Å². The largest absolute Gasteiger partial charge is 0.480 e. The normalized spacial score (nSPS) is 22.2. The molecule has 0 radical (unpaired) electrons. The van der Waals surface area contributed by atoms with Crippen LogP contribution in [0.4, 0.5) is 4.79 Å². The summed E-state index contributed by atoms with van der Waals surface area (Å²) < 4.78 is 0. The molecule has 2 N–H and O–H groups in total. The molecule has 7 nitrogen and oxygen atoms in total. The predicted octanol–water partition coefficient (Wildman–Crippen LogP) is -0.224. The van der Waals surface area contributed by atoms with E-state index in [-0.39, 0.29) is 18.5 Å². The lowest BCUT2D eigenvalue weighted by molar-refractivity contribution is -0.140. The summed E-state index contributed by atoms with van der Waals surface area (Å²) in [7, 11) is 1.51. The van der Waals surface area contributed by atoms with Gasteiger partial charge in [-0.1, -0.05) is 0 Å². The van der Waals surface area contributed by atoms with Crippen LogP contribution in [0.15, 0.2) is 0 Å². The first-order chi connectivity index (χ1) is 8.99. The van der Waals surface area contributed by atoms with E-state index in [1.54, 1.807) is 0 Å². The summed E-state index contributed by atoms with van der Waals surface area (Å²) in [5.41, 5.74) is 0. The second-order valence-electron chi connectivity index (χ2n) is 4.80. The van der Waals surface area contributed by atoms with Gasteiger partial charge in [0, 0.05) is 18.8 Å². The number of thioether (sulfide) groups is 1. The van der Waals surface area contributed by atoms with Crippen molar-refractivity contribution in [1.29, 1.82) is 0 Å². The number of hydrogen-bond acceptors (Lipinski definition) is 4. The van der Waals surface area contributed by atoms with Crippen molar-refractivity contribution >= 4 is 29.7 Å². The Balaban J connectivity index is 1.86. The average Bonchev–Trinajstić information content (AvgIpc) is 3.00. The molecule has 2 rings (SSSR count). The third-order valence-corrected chi connectivity index (χ3v) is 4.08. The summed E-state index contributed by atoms with van der Waals surface area (Å²) in [6.07, 6.45) is 1.99. The third kappa shape index (κ3) is 3.52. The molecular formula is C11H17N3O4S. The van der Waals surface area contributed by atoms with Crippen molar-refractivity contribution in [2.75, 3.05) is 25.2 Å². The molecule has 106 valence electrons. The summed E-state index contributed by atoms with van der Waals surface area (Å²) in [5, 5.41) is 11.8.